The van der Waals surface area contributed by atoms with Gasteiger partial charge in [-0.05, 0) is 60.7 Å². The molecule has 0 spiro atoms. The lowest BCUT2D eigenvalue weighted by molar-refractivity contribution is 0.102. The van der Waals surface area contributed by atoms with Crippen LogP contribution < -0.4 is 10.1 Å². The number of anilines is 1. The number of carbonyl (C=O) groups is 1. The maximum absolute atomic E-state index is 12.5. The smallest absolute Gasteiger partial charge is 0.255 e. The maximum Gasteiger partial charge on any atom is 0.255 e. The number of aryl methyl sites for hydroxylation is 1. The van der Waals surface area contributed by atoms with Crippen molar-refractivity contribution in [3.05, 3.63) is 96.7 Å². The largest absolute Gasteiger partial charge is 0.486 e. The number of rotatable bonds is 7. The molecule has 0 unspecified atom stereocenters. The van der Waals surface area contributed by atoms with Gasteiger partial charge in [-0.3, -0.25) is 4.79 Å². The standard InChI is InChI=1S/C23H20N4O2S/c1-27-15-14-24-21(27)16-29-19-9-7-18(8-10-19)26-23(28)17-5-11-20(12-6-17)30-22-4-2-3-13-25-22/h2-15H,16H2,1H3,(H,26,28). The van der Waals surface area contributed by atoms with Gasteiger partial charge in [0.15, 0.2) is 0 Å². The molecule has 30 heavy (non-hydrogen) atoms. The summed E-state index contributed by atoms with van der Waals surface area (Å²) in [6.45, 7) is 0.387. The molecule has 2 aromatic heterocycles. The first kappa shape index (κ1) is 19.7. The van der Waals surface area contributed by atoms with Gasteiger partial charge in [0.25, 0.3) is 5.91 Å². The Morgan fingerprint density at radius 2 is 1.80 bits per heavy atom. The Bertz CT molecular complexity index is 1110. The van der Waals surface area contributed by atoms with E-state index in [2.05, 4.69) is 15.3 Å². The third kappa shape index (κ3) is 5.07. The van der Waals surface area contributed by atoms with Crippen molar-refractivity contribution in [3.8, 4) is 5.75 Å². The molecule has 4 rings (SSSR count). The fraction of sp³-hybridized carbons (Fsp3) is 0.0870. The SMILES string of the molecule is Cn1ccnc1COc1ccc(NC(=O)c2ccc(Sc3ccccn3)cc2)cc1. The monoisotopic (exact) mass is 416 g/mol. The maximum atomic E-state index is 12.5. The van der Waals surface area contributed by atoms with Crippen molar-refractivity contribution in [2.45, 2.75) is 16.5 Å². The molecule has 1 amide bonds. The summed E-state index contributed by atoms with van der Waals surface area (Å²) in [6, 6.07) is 20.5. The lowest BCUT2D eigenvalue weighted by Gasteiger charge is -2.09. The summed E-state index contributed by atoms with van der Waals surface area (Å²) in [4.78, 5) is 22.1. The number of pyridine rings is 1. The number of nitrogens with one attached hydrogen (secondary N) is 1. The lowest BCUT2D eigenvalue weighted by atomic mass is 10.2. The fourth-order valence-electron chi connectivity index (χ4n) is 2.72. The minimum Gasteiger partial charge on any atom is -0.486 e. The first-order chi connectivity index (χ1) is 14.7. The lowest BCUT2D eigenvalue weighted by Crippen LogP contribution is -2.11. The third-order valence-corrected chi connectivity index (χ3v) is 5.34. The predicted molar refractivity (Wildman–Crippen MR) is 117 cm³/mol. The molecule has 0 bridgehead atoms. The van der Waals surface area contributed by atoms with Crippen LogP contribution in [0.1, 0.15) is 16.2 Å². The molecule has 4 aromatic rings. The first-order valence-electron chi connectivity index (χ1n) is 9.37. The molecule has 2 aromatic carbocycles. The van der Waals surface area contributed by atoms with E-state index in [1.54, 1.807) is 24.2 Å². The number of imidazole rings is 1. The minimum atomic E-state index is -0.161. The van der Waals surface area contributed by atoms with Gasteiger partial charge in [-0.25, -0.2) is 9.97 Å². The van der Waals surface area contributed by atoms with Crippen molar-refractivity contribution in [3.63, 3.8) is 0 Å². The van der Waals surface area contributed by atoms with Crippen LogP contribution in [0.3, 0.4) is 0 Å². The summed E-state index contributed by atoms with van der Waals surface area (Å²) in [6.07, 6.45) is 5.38. The number of aromatic nitrogens is 3. The summed E-state index contributed by atoms with van der Waals surface area (Å²) < 4.78 is 7.65. The molecule has 0 atom stereocenters. The van der Waals surface area contributed by atoms with Crippen LogP contribution in [0.2, 0.25) is 0 Å². The van der Waals surface area contributed by atoms with E-state index >= 15 is 0 Å². The number of amides is 1. The number of carbonyl (C=O) groups excluding carboxylic acids is 1. The van der Waals surface area contributed by atoms with Crippen LogP contribution in [0.5, 0.6) is 5.75 Å². The molecule has 7 heteroatoms. The fourth-order valence-corrected chi connectivity index (χ4v) is 3.50. The minimum absolute atomic E-state index is 0.161. The van der Waals surface area contributed by atoms with Crippen molar-refractivity contribution >= 4 is 23.4 Å². The van der Waals surface area contributed by atoms with Gasteiger partial charge in [-0.2, -0.15) is 0 Å². The van der Waals surface area contributed by atoms with Crippen LogP contribution in [-0.2, 0) is 13.7 Å². The summed E-state index contributed by atoms with van der Waals surface area (Å²) >= 11 is 1.56. The van der Waals surface area contributed by atoms with E-state index in [4.69, 9.17) is 4.74 Å². The molecular formula is C23H20N4O2S. The van der Waals surface area contributed by atoms with Gasteiger partial charge in [0.05, 0.1) is 0 Å². The van der Waals surface area contributed by atoms with Gasteiger partial charge in [-0.15, -0.1) is 0 Å². The second kappa shape index (κ2) is 9.28. The molecule has 0 radical (unpaired) electrons. The van der Waals surface area contributed by atoms with Gasteiger partial charge >= 0.3 is 0 Å². The van der Waals surface area contributed by atoms with Crippen LogP contribution in [-0.4, -0.2) is 20.4 Å². The van der Waals surface area contributed by atoms with Crippen LogP contribution in [0, 0.1) is 0 Å². The molecule has 0 aliphatic rings. The highest BCUT2D eigenvalue weighted by Gasteiger charge is 2.07. The Balaban J connectivity index is 1.32. The quantitative estimate of drug-likeness (QED) is 0.469. The highest BCUT2D eigenvalue weighted by Crippen LogP contribution is 2.26. The second-order valence-electron chi connectivity index (χ2n) is 6.52. The number of benzene rings is 2. The highest BCUT2D eigenvalue weighted by molar-refractivity contribution is 7.99. The first-order valence-corrected chi connectivity index (χ1v) is 10.2. The Kier molecular flexibility index (Phi) is 6.10. The zero-order valence-electron chi connectivity index (χ0n) is 16.4. The molecule has 0 saturated carbocycles. The van der Waals surface area contributed by atoms with Crippen molar-refractivity contribution in [1.82, 2.24) is 14.5 Å². The summed E-state index contributed by atoms with van der Waals surface area (Å²) in [5.74, 6) is 1.40. The average molecular weight is 417 g/mol. The molecule has 0 aliphatic carbocycles. The molecule has 2 heterocycles. The summed E-state index contributed by atoms with van der Waals surface area (Å²) in [7, 11) is 1.92. The van der Waals surface area contributed by atoms with Crippen molar-refractivity contribution in [1.29, 1.82) is 0 Å². The van der Waals surface area contributed by atoms with Crippen LogP contribution in [0.4, 0.5) is 5.69 Å². The van der Waals surface area contributed by atoms with Crippen LogP contribution in [0.25, 0.3) is 0 Å². The Morgan fingerprint density at radius 3 is 2.47 bits per heavy atom. The zero-order chi connectivity index (χ0) is 20.8. The Labute approximate surface area is 179 Å². The predicted octanol–water partition coefficient (Wildman–Crippen LogP) is 4.80. The summed E-state index contributed by atoms with van der Waals surface area (Å²) in [5.41, 5.74) is 1.30. The molecule has 0 saturated heterocycles. The van der Waals surface area contributed by atoms with E-state index in [9.17, 15) is 4.79 Å². The normalized spacial score (nSPS) is 10.6. The second-order valence-corrected chi connectivity index (χ2v) is 7.61. The zero-order valence-corrected chi connectivity index (χ0v) is 17.2. The van der Waals surface area contributed by atoms with Crippen molar-refractivity contribution in [2.24, 2.45) is 7.05 Å². The molecule has 0 fully saturated rings. The molecule has 150 valence electrons. The van der Waals surface area contributed by atoms with E-state index in [1.165, 1.54) is 0 Å². The van der Waals surface area contributed by atoms with Crippen LogP contribution >= 0.6 is 11.8 Å². The average Bonchev–Trinajstić information content (AvgIpc) is 3.19. The van der Waals surface area contributed by atoms with E-state index in [-0.39, 0.29) is 5.91 Å². The van der Waals surface area contributed by atoms with Gasteiger partial charge < -0.3 is 14.6 Å². The van der Waals surface area contributed by atoms with Gasteiger partial charge in [0, 0.05) is 41.8 Å². The van der Waals surface area contributed by atoms with E-state index < -0.39 is 0 Å². The Morgan fingerprint density at radius 1 is 1.00 bits per heavy atom. The number of ether oxygens (including phenoxy) is 1. The number of nitrogens with zero attached hydrogens (tertiary/aromatic N) is 3. The highest BCUT2D eigenvalue weighted by atomic mass is 32.2. The van der Waals surface area contributed by atoms with Crippen molar-refractivity contribution in [2.75, 3.05) is 5.32 Å². The van der Waals surface area contributed by atoms with Gasteiger partial charge in [0.1, 0.15) is 23.2 Å². The molecule has 0 aliphatic heterocycles. The molecule has 6 nitrogen and oxygen atoms in total. The Hall–Kier alpha value is -3.58. The topological polar surface area (TPSA) is 69.0 Å². The number of hydrogen-bond donors (Lipinski definition) is 1. The van der Waals surface area contributed by atoms with E-state index in [0.29, 0.717) is 23.6 Å². The van der Waals surface area contributed by atoms with Gasteiger partial charge in [-0.1, -0.05) is 17.8 Å². The van der Waals surface area contributed by atoms with Crippen LogP contribution in [0.15, 0.2) is 95.2 Å². The van der Waals surface area contributed by atoms with Crippen molar-refractivity contribution < 1.29 is 9.53 Å². The van der Waals surface area contributed by atoms with E-state index in [1.807, 2.05) is 84.5 Å². The van der Waals surface area contributed by atoms with E-state index in [0.717, 1.165) is 15.7 Å². The molecule has 1 N–H and O–H groups in total. The van der Waals surface area contributed by atoms with Gasteiger partial charge in [0.2, 0.25) is 0 Å². The number of hydrogen-bond acceptors (Lipinski definition) is 5. The molecular weight excluding hydrogens is 396 g/mol. The summed E-state index contributed by atoms with van der Waals surface area (Å²) in [5, 5.41) is 3.82. The third-order valence-electron chi connectivity index (χ3n) is 4.38.